The number of carbonyl (C=O) groups excluding carboxylic acids is 4. The first-order chi connectivity index (χ1) is 14.5. The van der Waals surface area contributed by atoms with Crippen LogP contribution in [0.15, 0.2) is 0 Å². The summed E-state index contributed by atoms with van der Waals surface area (Å²) in [6, 6.07) is 0. The van der Waals surface area contributed by atoms with E-state index in [1.54, 1.807) is 0 Å². The van der Waals surface area contributed by atoms with E-state index in [-0.39, 0.29) is 36.9 Å². The summed E-state index contributed by atoms with van der Waals surface area (Å²) >= 11 is 5.11. The molecule has 12 heteroatoms. The predicted molar refractivity (Wildman–Crippen MR) is 119 cm³/mol. The third-order valence-electron chi connectivity index (χ3n) is 4.45. The average Bonchev–Trinajstić information content (AvgIpc) is 2.66. The van der Waals surface area contributed by atoms with Crippen LogP contribution in [0.4, 0.5) is 0 Å². The molecular formula is C20H35AuO9PS+. The van der Waals surface area contributed by atoms with Crippen LogP contribution in [0.3, 0.4) is 0 Å². The normalized spacial score (nSPS) is 24.2. The van der Waals surface area contributed by atoms with Crippen LogP contribution in [0.25, 0.3) is 0 Å². The molecule has 1 rings (SSSR count). The zero-order valence-corrected chi connectivity index (χ0v) is 23.6. The van der Waals surface area contributed by atoms with Crippen molar-refractivity contribution in [1.82, 2.24) is 0 Å². The summed E-state index contributed by atoms with van der Waals surface area (Å²) in [6.45, 7) is 11.3. The van der Waals surface area contributed by atoms with E-state index in [9.17, 15) is 19.2 Å². The van der Waals surface area contributed by atoms with Gasteiger partial charge in [-0.15, -0.1) is 0 Å². The summed E-state index contributed by atoms with van der Waals surface area (Å²) < 4.78 is 25.7. The van der Waals surface area contributed by atoms with Crippen molar-refractivity contribution in [2.75, 3.05) is 25.1 Å². The van der Waals surface area contributed by atoms with Crippen molar-refractivity contribution < 1.29 is 65.2 Å². The Morgan fingerprint density at radius 1 is 0.750 bits per heavy atom. The largest absolute Gasteiger partial charge is 1.00 e. The van der Waals surface area contributed by atoms with Crippen molar-refractivity contribution in [3.8, 4) is 0 Å². The number of rotatable bonds is 8. The second-order valence-corrected chi connectivity index (χ2v) is 11.0. The van der Waals surface area contributed by atoms with Gasteiger partial charge in [-0.1, -0.05) is 0 Å². The molecule has 0 bridgehead atoms. The molecule has 1 aliphatic heterocycles. The maximum absolute atomic E-state index is 11.4. The molecule has 9 nitrogen and oxygen atoms in total. The van der Waals surface area contributed by atoms with Crippen LogP contribution in [-0.2, 0) is 77.9 Å². The molecule has 1 fully saturated rings. The Bertz CT molecular complexity index is 598. The van der Waals surface area contributed by atoms with E-state index in [0.717, 1.165) is 20.8 Å². The van der Waals surface area contributed by atoms with Crippen LogP contribution in [-0.4, -0.2) is 78.8 Å². The molecule has 1 heterocycles. The molecule has 32 heavy (non-hydrogen) atoms. The van der Waals surface area contributed by atoms with Crippen LogP contribution in [0.5, 0.6) is 0 Å². The topological polar surface area (TPSA) is 114 Å². The van der Waals surface area contributed by atoms with Crippen molar-refractivity contribution in [3.05, 3.63) is 0 Å². The monoisotopic (exact) mass is 679 g/mol. The van der Waals surface area contributed by atoms with Gasteiger partial charge in [-0.2, -0.15) is 0 Å². The molecule has 1 saturated heterocycles. The van der Waals surface area contributed by atoms with Crippen molar-refractivity contribution >= 4 is 44.4 Å². The quantitative estimate of drug-likeness (QED) is 0.124. The predicted octanol–water partition coefficient (Wildman–Crippen LogP) is 1.87. The Balaban J connectivity index is 0. The van der Waals surface area contributed by atoms with Gasteiger partial charge in [0, 0.05) is 27.7 Å². The van der Waals surface area contributed by atoms with E-state index >= 15 is 0 Å². The molecule has 0 spiro atoms. The maximum Gasteiger partial charge on any atom is 1.00 e. The molecule has 0 aromatic heterocycles. The summed E-state index contributed by atoms with van der Waals surface area (Å²) in [5, 5.41) is 0. The SMILES string of the molecule is CC(=O)OC[C@H]1O[C@@H]([S-])[C@H](OC(C)=O)[C@@H](OC(C)=O)[C@@H]1OC(C)=O.CC[PH+](CC)CC.[Au+]. The summed E-state index contributed by atoms with van der Waals surface area (Å²) in [6.07, 6.45) is -0.107. The van der Waals surface area contributed by atoms with Gasteiger partial charge in [0.25, 0.3) is 0 Å². The van der Waals surface area contributed by atoms with Crippen LogP contribution >= 0.6 is 7.92 Å². The maximum atomic E-state index is 11.4. The Labute approximate surface area is 212 Å². The summed E-state index contributed by atoms with van der Waals surface area (Å²) in [4.78, 5) is 45.0. The Hall–Kier alpha value is -0.640. The molecule has 0 aromatic rings. The van der Waals surface area contributed by atoms with Crippen LogP contribution in [0, 0.1) is 0 Å². The van der Waals surface area contributed by atoms with E-state index in [4.69, 9.17) is 36.3 Å². The van der Waals surface area contributed by atoms with Gasteiger partial charge in [-0.3, -0.25) is 19.2 Å². The van der Waals surface area contributed by atoms with E-state index in [2.05, 4.69) is 20.8 Å². The fraction of sp³-hybridized carbons (Fsp3) is 0.800. The first-order valence-electron chi connectivity index (χ1n) is 10.3. The Morgan fingerprint density at radius 2 is 1.16 bits per heavy atom. The summed E-state index contributed by atoms with van der Waals surface area (Å²) in [5.74, 6) is -2.62. The van der Waals surface area contributed by atoms with Gasteiger partial charge in [-0.05, 0) is 34.1 Å². The Morgan fingerprint density at radius 3 is 1.50 bits per heavy atom. The van der Waals surface area contributed by atoms with Gasteiger partial charge in [0.2, 0.25) is 0 Å². The first-order valence-corrected chi connectivity index (χ1v) is 12.9. The molecular weight excluding hydrogens is 644 g/mol. The second kappa shape index (κ2) is 17.8. The number of ether oxygens (including phenoxy) is 5. The first kappa shape index (κ1) is 33.5. The van der Waals surface area contributed by atoms with E-state index in [1.807, 2.05) is 0 Å². The average molecular weight is 679 g/mol. The minimum atomic E-state index is -1.19. The van der Waals surface area contributed by atoms with E-state index in [0.29, 0.717) is 0 Å². The van der Waals surface area contributed by atoms with E-state index < -0.39 is 53.7 Å². The molecule has 0 aliphatic carbocycles. The molecule has 0 amide bonds. The van der Waals surface area contributed by atoms with Crippen LogP contribution in [0.2, 0.25) is 0 Å². The molecule has 1 aliphatic rings. The number of hydrogen-bond donors (Lipinski definition) is 0. The third-order valence-corrected chi connectivity index (χ3v) is 7.83. The van der Waals surface area contributed by atoms with Crippen LogP contribution in [0.1, 0.15) is 48.5 Å². The summed E-state index contributed by atoms with van der Waals surface area (Å²) in [5.41, 5.74) is -1.09. The number of hydrogen-bond acceptors (Lipinski definition) is 10. The van der Waals surface area contributed by atoms with Crippen molar-refractivity contribution in [2.24, 2.45) is 0 Å². The minimum Gasteiger partial charge on any atom is -0.757 e. The molecule has 0 unspecified atom stereocenters. The summed E-state index contributed by atoms with van der Waals surface area (Å²) in [7, 11) is 0.137. The number of carbonyl (C=O) groups is 4. The fourth-order valence-electron chi connectivity index (χ4n) is 2.94. The Kier molecular flexibility index (Phi) is 18.6. The molecule has 0 saturated carbocycles. The zero-order chi connectivity index (χ0) is 24.1. The standard InChI is InChI=1S/C14H20O9S.C6H15P.Au/c1-6(15)19-5-10-11(20-7(2)16)12(21-8(3)17)13(14(24)23-10)22-9(4)18;1-4-7(5-2)6-3;/h10-14,24H,5H2,1-4H3;4-6H2,1-3H3;/q;;+1/t10-,11-,12+,13-,14+;;/m1../s1. The zero-order valence-electron chi connectivity index (χ0n) is 19.6. The van der Waals surface area contributed by atoms with Gasteiger partial charge in [0.1, 0.15) is 18.8 Å². The second-order valence-electron chi connectivity index (χ2n) is 6.88. The molecule has 0 aromatic carbocycles. The third kappa shape index (κ3) is 13.2. The molecule has 0 radical (unpaired) electrons. The van der Waals surface area contributed by atoms with Gasteiger partial charge in [-0.25, -0.2) is 0 Å². The van der Waals surface area contributed by atoms with Gasteiger partial charge >= 0.3 is 46.3 Å². The van der Waals surface area contributed by atoms with Gasteiger partial charge in [0.15, 0.2) is 12.2 Å². The molecule has 0 N–H and O–H groups in total. The van der Waals surface area contributed by atoms with Crippen molar-refractivity contribution in [1.29, 1.82) is 0 Å². The van der Waals surface area contributed by atoms with Crippen molar-refractivity contribution in [2.45, 2.75) is 78.3 Å². The van der Waals surface area contributed by atoms with E-state index in [1.165, 1.54) is 25.4 Å². The smallest absolute Gasteiger partial charge is 0.757 e. The van der Waals surface area contributed by atoms with Gasteiger partial charge in [0.05, 0.1) is 18.5 Å². The molecule has 190 valence electrons. The van der Waals surface area contributed by atoms with Gasteiger partial charge < -0.3 is 36.3 Å². The van der Waals surface area contributed by atoms with Crippen LogP contribution < -0.4 is 0 Å². The number of esters is 4. The molecule has 5 atom stereocenters. The minimum absolute atomic E-state index is 0. The van der Waals surface area contributed by atoms with Crippen molar-refractivity contribution in [3.63, 3.8) is 0 Å². The fourth-order valence-corrected chi connectivity index (χ4v) is 4.79.